The number of anilines is 1. The fraction of sp³-hybridized carbons (Fsp3) is 0. The van der Waals surface area contributed by atoms with Gasteiger partial charge in [0.05, 0.1) is 5.69 Å². The van der Waals surface area contributed by atoms with E-state index in [0.717, 1.165) is 11.3 Å². The minimum Gasteiger partial charge on any atom is -0.368 e. The summed E-state index contributed by atoms with van der Waals surface area (Å²) in [5.74, 6) is -0.00955. The normalized spacial score (nSPS) is 10.8. The van der Waals surface area contributed by atoms with E-state index in [1.54, 1.807) is 30.5 Å². The minimum atomic E-state index is -0.247. The summed E-state index contributed by atoms with van der Waals surface area (Å²) in [6.07, 6.45) is 5.22. The number of hydrogen-bond acceptors (Lipinski definition) is 3. The zero-order valence-electron chi connectivity index (χ0n) is 8.47. The summed E-state index contributed by atoms with van der Waals surface area (Å²) in [4.78, 5) is 7.80. The average Bonchev–Trinajstić information content (AvgIpc) is 2.28. The van der Waals surface area contributed by atoms with Crippen LogP contribution in [0.3, 0.4) is 0 Å². The summed E-state index contributed by atoms with van der Waals surface area (Å²) in [6.45, 7) is 0. The number of benzene rings is 1. The van der Waals surface area contributed by atoms with Gasteiger partial charge in [0.2, 0.25) is 5.95 Å². The van der Waals surface area contributed by atoms with E-state index in [1.807, 2.05) is 6.08 Å². The predicted molar refractivity (Wildman–Crippen MR) is 61.8 cm³/mol. The molecule has 2 aromatic rings. The quantitative estimate of drug-likeness (QED) is 0.836. The van der Waals surface area contributed by atoms with E-state index >= 15 is 0 Å². The van der Waals surface area contributed by atoms with E-state index in [4.69, 9.17) is 5.73 Å². The van der Waals surface area contributed by atoms with E-state index in [9.17, 15) is 4.39 Å². The SMILES string of the molecule is Nc1nccc(/C=C/c2ccc(F)cc2)n1. The minimum absolute atomic E-state index is 0.237. The van der Waals surface area contributed by atoms with Gasteiger partial charge < -0.3 is 5.73 Å². The topological polar surface area (TPSA) is 51.8 Å². The van der Waals surface area contributed by atoms with Gasteiger partial charge in [-0.05, 0) is 29.8 Å². The van der Waals surface area contributed by atoms with Crippen LogP contribution in [0.1, 0.15) is 11.3 Å². The maximum atomic E-state index is 12.6. The summed E-state index contributed by atoms with van der Waals surface area (Å²) >= 11 is 0. The number of halogens is 1. The molecular weight excluding hydrogens is 205 g/mol. The van der Waals surface area contributed by atoms with Gasteiger partial charge in [-0.1, -0.05) is 18.2 Å². The number of aromatic nitrogens is 2. The first-order chi connectivity index (χ1) is 7.74. The first kappa shape index (κ1) is 10.3. The Bertz CT molecular complexity index is 506. The number of nitrogens with zero attached hydrogens (tertiary/aromatic N) is 2. The van der Waals surface area contributed by atoms with Crippen LogP contribution in [0.25, 0.3) is 12.2 Å². The van der Waals surface area contributed by atoms with E-state index in [0.29, 0.717) is 0 Å². The molecular formula is C12H10FN3. The van der Waals surface area contributed by atoms with Crippen molar-refractivity contribution in [2.45, 2.75) is 0 Å². The van der Waals surface area contributed by atoms with Crippen molar-refractivity contribution >= 4 is 18.1 Å². The van der Waals surface area contributed by atoms with Crippen molar-refractivity contribution in [3.8, 4) is 0 Å². The van der Waals surface area contributed by atoms with Crippen molar-refractivity contribution in [3.05, 3.63) is 53.6 Å². The van der Waals surface area contributed by atoms with Crippen LogP contribution in [0.2, 0.25) is 0 Å². The van der Waals surface area contributed by atoms with Crippen molar-refractivity contribution in [2.24, 2.45) is 0 Å². The van der Waals surface area contributed by atoms with Gasteiger partial charge in [0, 0.05) is 6.20 Å². The molecule has 1 heterocycles. The molecule has 3 nitrogen and oxygen atoms in total. The van der Waals surface area contributed by atoms with Crippen LogP contribution < -0.4 is 5.73 Å². The Labute approximate surface area is 92.5 Å². The van der Waals surface area contributed by atoms with Crippen molar-refractivity contribution in [2.75, 3.05) is 5.73 Å². The molecule has 0 fully saturated rings. The second-order valence-corrected chi connectivity index (χ2v) is 3.22. The fourth-order valence-corrected chi connectivity index (χ4v) is 1.24. The van der Waals surface area contributed by atoms with Gasteiger partial charge in [0.15, 0.2) is 0 Å². The third-order valence-corrected chi connectivity index (χ3v) is 2.01. The molecule has 2 rings (SSSR count). The molecule has 0 unspecified atom stereocenters. The smallest absolute Gasteiger partial charge is 0.220 e. The molecule has 0 aliphatic heterocycles. The van der Waals surface area contributed by atoms with Crippen LogP contribution >= 0.6 is 0 Å². The summed E-state index contributed by atoms with van der Waals surface area (Å²) in [7, 11) is 0. The molecule has 2 N–H and O–H groups in total. The number of nitrogen functional groups attached to an aromatic ring is 1. The molecule has 0 saturated carbocycles. The highest BCUT2D eigenvalue weighted by atomic mass is 19.1. The Kier molecular flexibility index (Phi) is 2.91. The number of rotatable bonds is 2. The molecule has 80 valence electrons. The Morgan fingerprint density at radius 1 is 1.06 bits per heavy atom. The molecule has 0 radical (unpaired) electrons. The standard InChI is InChI=1S/C12H10FN3/c13-10-4-1-9(2-5-10)3-6-11-7-8-15-12(14)16-11/h1-8H,(H2,14,15,16)/b6-3+. The maximum Gasteiger partial charge on any atom is 0.220 e. The highest BCUT2D eigenvalue weighted by Crippen LogP contribution is 2.07. The van der Waals surface area contributed by atoms with Crippen molar-refractivity contribution in [3.63, 3.8) is 0 Å². The van der Waals surface area contributed by atoms with Crippen LogP contribution in [0.5, 0.6) is 0 Å². The van der Waals surface area contributed by atoms with E-state index < -0.39 is 0 Å². The highest BCUT2D eigenvalue weighted by molar-refractivity contribution is 5.67. The second kappa shape index (κ2) is 4.53. The van der Waals surface area contributed by atoms with Crippen LogP contribution in [0, 0.1) is 5.82 Å². The number of nitrogens with two attached hydrogens (primary N) is 1. The summed E-state index contributed by atoms with van der Waals surface area (Å²) in [6, 6.07) is 7.95. The lowest BCUT2D eigenvalue weighted by Crippen LogP contribution is -1.94. The van der Waals surface area contributed by atoms with Gasteiger partial charge in [-0.3, -0.25) is 0 Å². The summed E-state index contributed by atoms with van der Waals surface area (Å²) in [5, 5.41) is 0. The fourth-order valence-electron chi connectivity index (χ4n) is 1.24. The molecule has 0 bridgehead atoms. The van der Waals surface area contributed by atoms with Crippen LogP contribution in [0.15, 0.2) is 36.5 Å². The van der Waals surface area contributed by atoms with Gasteiger partial charge >= 0.3 is 0 Å². The molecule has 1 aromatic carbocycles. The molecule has 16 heavy (non-hydrogen) atoms. The monoisotopic (exact) mass is 215 g/mol. The lowest BCUT2D eigenvalue weighted by atomic mass is 10.2. The third-order valence-electron chi connectivity index (χ3n) is 2.01. The van der Waals surface area contributed by atoms with E-state index in [-0.39, 0.29) is 11.8 Å². The van der Waals surface area contributed by atoms with Gasteiger partial charge in [0.25, 0.3) is 0 Å². The number of hydrogen-bond donors (Lipinski definition) is 1. The summed E-state index contributed by atoms with van der Waals surface area (Å²) < 4.78 is 12.6. The van der Waals surface area contributed by atoms with Gasteiger partial charge in [-0.15, -0.1) is 0 Å². The zero-order valence-corrected chi connectivity index (χ0v) is 8.47. The molecule has 0 amide bonds. The molecule has 0 aliphatic carbocycles. The van der Waals surface area contributed by atoms with Gasteiger partial charge in [-0.25, -0.2) is 14.4 Å². The zero-order chi connectivity index (χ0) is 11.4. The first-order valence-corrected chi connectivity index (χ1v) is 4.76. The molecule has 0 atom stereocenters. The van der Waals surface area contributed by atoms with Crippen LogP contribution in [-0.2, 0) is 0 Å². The molecule has 0 saturated heterocycles. The third kappa shape index (κ3) is 2.63. The lowest BCUT2D eigenvalue weighted by molar-refractivity contribution is 0.628. The molecule has 0 spiro atoms. The highest BCUT2D eigenvalue weighted by Gasteiger charge is 1.92. The average molecular weight is 215 g/mol. The van der Waals surface area contributed by atoms with E-state index in [1.165, 1.54) is 12.1 Å². The molecule has 0 aliphatic rings. The summed E-state index contributed by atoms with van der Waals surface area (Å²) in [5.41, 5.74) is 7.06. The van der Waals surface area contributed by atoms with E-state index in [2.05, 4.69) is 9.97 Å². The van der Waals surface area contributed by atoms with Crippen molar-refractivity contribution < 1.29 is 4.39 Å². The van der Waals surface area contributed by atoms with Crippen LogP contribution in [-0.4, -0.2) is 9.97 Å². The van der Waals surface area contributed by atoms with Crippen molar-refractivity contribution in [1.29, 1.82) is 0 Å². The Morgan fingerprint density at radius 3 is 2.50 bits per heavy atom. The first-order valence-electron chi connectivity index (χ1n) is 4.76. The largest absolute Gasteiger partial charge is 0.368 e. The Hall–Kier alpha value is -2.23. The molecule has 1 aromatic heterocycles. The van der Waals surface area contributed by atoms with Gasteiger partial charge in [-0.2, -0.15) is 0 Å². The lowest BCUT2D eigenvalue weighted by Gasteiger charge is -1.95. The second-order valence-electron chi connectivity index (χ2n) is 3.22. The Morgan fingerprint density at radius 2 is 1.81 bits per heavy atom. The predicted octanol–water partition coefficient (Wildman–Crippen LogP) is 2.37. The molecule has 4 heteroatoms. The van der Waals surface area contributed by atoms with Crippen LogP contribution in [0.4, 0.5) is 10.3 Å². The Balaban J connectivity index is 2.18. The maximum absolute atomic E-state index is 12.6. The van der Waals surface area contributed by atoms with Gasteiger partial charge in [0.1, 0.15) is 5.82 Å². The van der Waals surface area contributed by atoms with Crippen molar-refractivity contribution in [1.82, 2.24) is 9.97 Å².